The molecule has 0 aliphatic rings. The van der Waals surface area contributed by atoms with Crippen molar-refractivity contribution in [3.8, 4) is 0 Å². The van der Waals surface area contributed by atoms with Gasteiger partial charge in [0.1, 0.15) is 22.0 Å². The Kier molecular flexibility index (Phi) is 5.11. The second-order valence-corrected chi connectivity index (χ2v) is 8.79. The Balaban J connectivity index is 1.42. The molecule has 0 spiro atoms. The van der Waals surface area contributed by atoms with Gasteiger partial charge in [0, 0.05) is 11.8 Å². The molecule has 0 saturated carbocycles. The highest BCUT2D eigenvalue weighted by Gasteiger charge is 2.22. The summed E-state index contributed by atoms with van der Waals surface area (Å²) in [4.78, 5) is 34.3. The van der Waals surface area contributed by atoms with Gasteiger partial charge < -0.3 is 14.7 Å². The zero-order chi connectivity index (χ0) is 22.2. The van der Waals surface area contributed by atoms with E-state index in [1.807, 2.05) is 67.6 Å². The van der Waals surface area contributed by atoms with Gasteiger partial charge in [0.2, 0.25) is 0 Å². The van der Waals surface area contributed by atoms with Crippen molar-refractivity contribution < 1.29 is 9.21 Å². The molecule has 0 aliphatic carbocycles. The summed E-state index contributed by atoms with van der Waals surface area (Å²) in [7, 11) is 0. The number of furan rings is 1. The number of rotatable bonds is 5. The van der Waals surface area contributed by atoms with Crippen molar-refractivity contribution in [3.63, 3.8) is 0 Å². The van der Waals surface area contributed by atoms with Crippen molar-refractivity contribution in [1.82, 2.24) is 15.3 Å². The molecule has 0 aliphatic heterocycles. The summed E-state index contributed by atoms with van der Waals surface area (Å²) < 4.78 is 5.87. The van der Waals surface area contributed by atoms with Gasteiger partial charge in [-0.3, -0.25) is 9.59 Å². The first-order valence-corrected chi connectivity index (χ1v) is 11.2. The predicted octanol–water partition coefficient (Wildman–Crippen LogP) is 5.12. The molecule has 0 saturated heterocycles. The summed E-state index contributed by atoms with van der Waals surface area (Å²) >= 11 is 1.24. The van der Waals surface area contributed by atoms with Crippen LogP contribution in [0.3, 0.4) is 0 Å². The number of nitrogens with one attached hydrogen (secondary N) is 2. The van der Waals surface area contributed by atoms with E-state index in [1.54, 1.807) is 6.92 Å². The lowest BCUT2D eigenvalue weighted by Gasteiger charge is -2.10. The maximum absolute atomic E-state index is 13.0. The number of aromatic nitrogens is 2. The minimum absolute atomic E-state index is 0.223. The fraction of sp³-hybridized carbons (Fsp3) is 0.160. The molecule has 5 rings (SSSR count). The zero-order valence-corrected chi connectivity index (χ0v) is 18.5. The molecule has 1 atom stereocenters. The number of carbonyl (C=O) groups is 1. The van der Waals surface area contributed by atoms with Gasteiger partial charge in [0.05, 0.1) is 16.3 Å². The SMILES string of the molecule is Cc1c(C(=O)NC(C)c2cc3ccccc3o2)sc2nc(Cc3ccccc3)[nH]c(=O)c12. The van der Waals surface area contributed by atoms with E-state index in [0.29, 0.717) is 38.7 Å². The van der Waals surface area contributed by atoms with Crippen LogP contribution in [-0.2, 0) is 6.42 Å². The summed E-state index contributed by atoms with van der Waals surface area (Å²) in [5, 5.41) is 4.44. The standard InChI is InChI=1S/C25H21N3O3S/c1-14-21-23(29)27-20(12-16-8-4-3-5-9-16)28-25(21)32-22(14)24(30)26-15(2)19-13-17-10-6-7-11-18(17)31-19/h3-11,13,15H,12H2,1-2H3,(H,26,30)(H,27,28,29). The average Bonchev–Trinajstić information content (AvgIpc) is 3.36. The van der Waals surface area contributed by atoms with Gasteiger partial charge in [-0.05, 0) is 37.1 Å². The van der Waals surface area contributed by atoms with E-state index in [9.17, 15) is 9.59 Å². The first-order valence-electron chi connectivity index (χ1n) is 10.3. The first kappa shape index (κ1) is 20.2. The quantitative estimate of drug-likeness (QED) is 0.395. The fourth-order valence-electron chi connectivity index (χ4n) is 3.83. The highest BCUT2D eigenvalue weighted by atomic mass is 32.1. The highest BCUT2D eigenvalue weighted by Crippen LogP contribution is 2.29. The molecule has 0 radical (unpaired) electrons. The van der Waals surface area contributed by atoms with E-state index < -0.39 is 0 Å². The number of aromatic amines is 1. The van der Waals surface area contributed by atoms with Gasteiger partial charge in [0.25, 0.3) is 11.5 Å². The lowest BCUT2D eigenvalue weighted by molar-refractivity contribution is 0.0939. The minimum atomic E-state index is -0.320. The Bertz CT molecular complexity index is 1460. The van der Waals surface area contributed by atoms with Crippen LogP contribution in [0, 0.1) is 6.92 Å². The third-order valence-corrected chi connectivity index (χ3v) is 6.67. The third-order valence-electron chi connectivity index (χ3n) is 5.49. The van der Waals surface area contributed by atoms with Crippen LogP contribution >= 0.6 is 11.3 Å². The number of hydrogen-bond donors (Lipinski definition) is 2. The normalized spacial score (nSPS) is 12.3. The second kappa shape index (κ2) is 8.09. The Morgan fingerprint density at radius 2 is 1.91 bits per heavy atom. The average molecular weight is 444 g/mol. The van der Waals surface area contributed by atoms with Crippen molar-refractivity contribution in [1.29, 1.82) is 0 Å². The summed E-state index contributed by atoms with van der Waals surface area (Å²) in [6.45, 7) is 3.66. The van der Waals surface area contributed by atoms with Crippen LogP contribution in [0.4, 0.5) is 0 Å². The maximum atomic E-state index is 13.0. The number of thiophene rings is 1. The molecule has 3 heterocycles. The van der Waals surface area contributed by atoms with Crippen LogP contribution in [0.2, 0.25) is 0 Å². The maximum Gasteiger partial charge on any atom is 0.262 e. The van der Waals surface area contributed by atoms with Gasteiger partial charge in [-0.25, -0.2) is 4.98 Å². The number of aryl methyl sites for hydroxylation is 1. The van der Waals surface area contributed by atoms with Crippen LogP contribution in [0.15, 0.2) is 69.9 Å². The van der Waals surface area contributed by atoms with Gasteiger partial charge in [-0.1, -0.05) is 48.5 Å². The minimum Gasteiger partial charge on any atom is -0.459 e. The number of amides is 1. The molecule has 1 unspecified atom stereocenters. The van der Waals surface area contributed by atoms with Crippen molar-refractivity contribution >= 4 is 38.4 Å². The number of H-pyrrole nitrogens is 1. The molecule has 2 N–H and O–H groups in total. The van der Waals surface area contributed by atoms with Gasteiger partial charge in [0.15, 0.2) is 0 Å². The summed E-state index contributed by atoms with van der Waals surface area (Å²) in [5.74, 6) is 1.01. The zero-order valence-electron chi connectivity index (χ0n) is 17.6. The first-order chi connectivity index (χ1) is 15.5. The highest BCUT2D eigenvalue weighted by molar-refractivity contribution is 7.20. The Morgan fingerprint density at radius 1 is 1.16 bits per heavy atom. The van der Waals surface area contributed by atoms with Crippen molar-refractivity contribution in [2.45, 2.75) is 26.3 Å². The van der Waals surface area contributed by atoms with Crippen LogP contribution in [0.1, 0.15) is 45.3 Å². The van der Waals surface area contributed by atoms with Gasteiger partial charge in [-0.2, -0.15) is 0 Å². The largest absolute Gasteiger partial charge is 0.459 e. The van der Waals surface area contributed by atoms with Crippen molar-refractivity contribution in [2.24, 2.45) is 0 Å². The Morgan fingerprint density at radius 3 is 2.69 bits per heavy atom. The number of benzene rings is 2. The lowest BCUT2D eigenvalue weighted by atomic mass is 10.1. The summed E-state index contributed by atoms with van der Waals surface area (Å²) in [5.41, 5.74) is 2.25. The topological polar surface area (TPSA) is 88.0 Å². The molecule has 5 aromatic rings. The van der Waals surface area contributed by atoms with Gasteiger partial charge >= 0.3 is 0 Å². The van der Waals surface area contributed by atoms with Crippen molar-refractivity contribution in [3.05, 3.63) is 98.6 Å². The van der Waals surface area contributed by atoms with Crippen LogP contribution in [0.5, 0.6) is 0 Å². The smallest absolute Gasteiger partial charge is 0.262 e. The molecule has 2 aromatic carbocycles. The molecule has 160 valence electrons. The molecule has 6 nitrogen and oxygen atoms in total. The summed E-state index contributed by atoms with van der Waals surface area (Å²) in [6.07, 6.45) is 0.521. The number of carbonyl (C=O) groups excluding carboxylic acids is 1. The van der Waals surface area contributed by atoms with E-state index in [-0.39, 0.29) is 17.5 Å². The molecule has 3 aromatic heterocycles. The molecule has 1 amide bonds. The van der Waals surface area contributed by atoms with Crippen molar-refractivity contribution in [2.75, 3.05) is 0 Å². The Labute approximate surface area is 187 Å². The second-order valence-electron chi connectivity index (χ2n) is 7.79. The lowest BCUT2D eigenvalue weighted by Crippen LogP contribution is -2.26. The van der Waals surface area contributed by atoms with Crippen LogP contribution in [0.25, 0.3) is 21.2 Å². The number of hydrogen-bond acceptors (Lipinski definition) is 5. The van der Waals surface area contributed by atoms with E-state index in [1.165, 1.54) is 11.3 Å². The fourth-order valence-corrected chi connectivity index (χ4v) is 4.93. The van der Waals surface area contributed by atoms with E-state index in [4.69, 9.17) is 4.42 Å². The summed E-state index contributed by atoms with van der Waals surface area (Å²) in [6, 6.07) is 19.2. The molecule has 7 heteroatoms. The third kappa shape index (κ3) is 3.71. The molecular weight excluding hydrogens is 422 g/mol. The molecular formula is C25H21N3O3S. The van der Waals surface area contributed by atoms with E-state index in [0.717, 1.165) is 16.5 Å². The Hall–Kier alpha value is -3.71. The van der Waals surface area contributed by atoms with Crippen LogP contribution < -0.4 is 10.9 Å². The monoisotopic (exact) mass is 443 g/mol. The molecule has 0 fully saturated rings. The predicted molar refractivity (Wildman–Crippen MR) is 126 cm³/mol. The van der Waals surface area contributed by atoms with E-state index >= 15 is 0 Å². The molecule has 32 heavy (non-hydrogen) atoms. The van der Waals surface area contributed by atoms with Gasteiger partial charge in [-0.15, -0.1) is 11.3 Å². The van der Waals surface area contributed by atoms with Crippen LogP contribution in [-0.4, -0.2) is 15.9 Å². The number of nitrogens with zero attached hydrogens (tertiary/aromatic N) is 1. The number of fused-ring (bicyclic) bond motifs is 2. The number of para-hydroxylation sites is 1. The van der Waals surface area contributed by atoms with E-state index in [2.05, 4.69) is 15.3 Å². The molecule has 0 bridgehead atoms.